The molecule has 10 heteroatoms. The lowest BCUT2D eigenvalue weighted by atomic mass is 9.57. The third-order valence-electron chi connectivity index (χ3n) is 9.09. The molecule has 0 heterocycles. The second-order valence-corrected chi connectivity index (χ2v) is 11.7. The fourth-order valence-electron chi connectivity index (χ4n) is 7.00. The van der Waals surface area contributed by atoms with Gasteiger partial charge in [0.15, 0.2) is 17.2 Å². The van der Waals surface area contributed by atoms with Crippen molar-refractivity contribution in [2.24, 2.45) is 23.5 Å². The Balaban J connectivity index is 1.30. The molecule has 1 saturated carbocycles. The Bertz CT molecular complexity index is 1680. The minimum Gasteiger partial charge on any atom is -0.508 e. The fourth-order valence-corrected chi connectivity index (χ4v) is 7.00. The summed E-state index contributed by atoms with van der Waals surface area (Å²) in [5.74, 6) is -7.63. The van der Waals surface area contributed by atoms with Crippen molar-refractivity contribution >= 4 is 17.5 Å². The zero-order valence-corrected chi connectivity index (χ0v) is 23.1. The van der Waals surface area contributed by atoms with Crippen LogP contribution in [0, 0.1) is 23.6 Å². The van der Waals surface area contributed by atoms with E-state index in [1.54, 1.807) is 12.1 Å². The van der Waals surface area contributed by atoms with Gasteiger partial charge in [0.25, 0.3) is 0 Å². The average molecular weight is 587 g/mol. The van der Waals surface area contributed by atoms with E-state index in [-0.39, 0.29) is 42.0 Å². The number of hydrogen-bond acceptors (Lipinski definition) is 8. The normalized spacial score (nSPS) is 26.5. The van der Waals surface area contributed by atoms with E-state index in [9.17, 15) is 39.2 Å². The van der Waals surface area contributed by atoms with Gasteiger partial charge in [-0.1, -0.05) is 42.5 Å². The number of nitrogens with two attached hydrogens (primary N) is 1. The quantitative estimate of drug-likeness (QED) is 0.240. The molecule has 3 aromatic rings. The van der Waals surface area contributed by atoms with Crippen molar-refractivity contribution in [3.63, 3.8) is 0 Å². The van der Waals surface area contributed by atoms with Crippen molar-refractivity contribution < 1.29 is 39.2 Å². The van der Waals surface area contributed by atoms with E-state index in [1.807, 2.05) is 30.3 Å². The molecule has 0 spiro atoms. The monoisotopic (exact) mass is 586 g/mol. The Morgan fingerprint density at radius 2 is 1.72 bits per heavy atom. The van der Waals surface area contributed by atoms with Gasteiger partial charge in [0, 0.05) is 24.6 Å². The van der Waals surface area contributed by atoms with Gasteiger partial charge >= 0.3 is 0 Å². The van der Waals surface area contributed by atoms with Crippen LogP contribution >= 0.6 is 0 Å². The van der Waals surface area contributed by atoms with Gasteiger partial charge in [-0.15, -0.1) is 0 Å². The molecule has 3 aliphatic carbocycles. The Kier molecular flexibility index (Phi) is 7.16. The van der Waals surface area contributed by atoms with E-state index in [0.29, 0.717) is 24.2 Å². The number of aliphatic hydroxyl groups excluding tert-OH is 2. The molecular formula is C33H31FN2O7. The third-order valence-corrected chi connectivity index (χ3v) is 9.09. The summed E-state index contributed by atoms with van der Waals surface area (Å²) in [6, 6.07) is 17.2. The van der Waals surface area contributed by atoms with E-state index in [1.165, 1.54) is 18.2 Å². The van der Waals surface area contributed by atoms with Crippen molar-refractivity contribution in [1.82, 2.24) is 5.32 Å². The molecule has 0 bridgehead atoms. The number of carbonyl (C=O) groups excluding carboxylic acids is 3. The van der Waals surface area contributed by atoms with Gasteiger partial charge in [0.2, 0.25) is 5.91 Å². The zero-order valence-electron chi connectivity index (χ0n) is 23.1. The number of benzene rings is 3. The molecular weight excluding hydrogens is 555 g/mol. The Morgan fingerprint density at radius 1 is 1.00 bits per heavy atom. The Morgan fingerprint density at radius 3 is 2.42 bits per heavy atom. The number of rotatable bonds is 6. The summed E-state index contributed by atoms with van der Waals surface area (Å²) in [6.07, 6.45) is -1.25. The number of aliphatic hydroxyl groups is 3. The molecule has 0 radical (unpaired) electrons. The van der Waals surface area contributed by atoms with E-state index in [0.717, 1.165) is 16.7 Å². The maximum Gasteiger partial charge on any atom is 0.230 e. The number of hydrogen-bond donors (Lipinski definition) is 6. The van der Waals surface area contributed by atoms with Crippen LogP contribution in [0.2, 0.25) is 0 Å². The SMILES string of the molecule is NC(=O)C1C(=O)[C@@]2(O)C(O)=C3C(=O)c4c(O)ccc(-c5ccc(CNCc6cccc(F)c6)cc5)c4C[C@H]3C[C@H]2CC1O. The lowest BCUT2D eigenvalue weighted by Gasteiger charge is -2.48. The van der Waals surface area contributed by atoms with Gasteiger partial charge in [-0.05, 0) is 71.2 Å². The minimum atomic E-state index is -2.54. The minimum absolute atomic E-state index is 0.0204. The molecule has 7 N–H and O–H groups in total. The molecule has 2 unspecified atom stereocenters. The number of allylic oxidation sites excluding steroid dienone is 1. The van der Waals surface area contributed by atoms with Gasteiger partial charge in [0.1, 0.15) is 23.2 Å². The standard InChI is InChI=1S/C33H31FN2O7/c34-21-3-1-2-17(10-21)15-36-14-16-4-6-18(7-5-16)22-8-9-24(37)27-23(22)12-19-11-20-13-25(38)28(32(35)42)31(41)33(20,43)30(40)26(19)29(27)39/h1-10,19-20,25,28,36-38,40,43H,11-15H2,(H2,35,42)/t19-,20+,25?,28?,33+/m1/s1. The summed E-state index contributed by atoms with van der Waals surface area (Å²) in [4.78, 5) is 38.9. The van der Waals surface area contributed by atoms with Crippen LogP contribution in [0.15, 0.2) is 72.0 Å². The second-order valence-electron chi connectivity index (χ2n) is 11.7. The Hall–Kier alpha value is -4.38. The maximum absolute atomic E-state index is 13.8. The zero-order chi connectivity index (χ0) is 30.6. The third kappa shape index (κ3) is 4.71. The number of ketones is 2. The molecule has 43 heavy (non-hydrogen) atoms. The highest BCUT2D eigenvalue weighted by Crippen LogP contribution is 2.52. The number of phenolic OH excluding ortho intramolecular Hbond substituents is 1. The van der Waals surface area contributed by atoms with Crippen LogP contribution in [0.25, 0.3) is 11.1 Å². The number of halogens is 1. The van der Waals surface area contributed by atoms with Gasteiger partial charge in [-0.3, -0.25) is 14.4 Å². The van der Waals surface area contributed by atoms with Crippen LogP contribution in [-0.4, -0.2) is 49.6 Å². The maximum atomic E-state index is 13.8. The van der Waals surface area contributed by atoms with Crippen molar-refractivity contribution in [3.05, 3.63) is 100 Å². The predicted octanol–water partition coefficient (Wildman–Crippen LogP) is 2.84. The molecule has 6 rings (SSSR count). The summed E-state index contributed by atoms with van der Waals surface area (Å²) in [5.41, 5.74) is 6.48. The number of nitrogens with one attached hydrogen (secondary N) is 1. The lowest BCUT2D eigenvalue weighted by Crippen LogP contribution is -2.63. The molecule has 5 atom stereocenters. The molecule has 9 nitrogen and oxygen atoms in total. The van der Waals surface area contributed by atoms with E-state index in [4.69, 9.17) is 5.73 Å². The van der Waals surface area contributed by atoms with Crippen molar-refractivity contribution in [1.29, 1.82) is 0 Å². The highest BCUT2D eigenvalue weighted by atomic mass is 19.1. The van der Waals surface area contributed by atoms with Crippen LogP contribution in [0.1, 0.15) is 39.9 Å². The van der Waals surface area contributed by atoms with E-state index in [2.05, 4.69) is 5.32 Å². The van der Waals surface area contributed by atoms with Crippen molar-refractivity contribution in [3.8, 4) is 16.9 Å². The van der Waals surface area contributed by atoms with Crippen molar-refractivity contribution in [2.45, 2.75) is 44.1 Å². The molecule has 1 fully saturated rings. The summed E-state index contributed by atoms with van der Waals surface area (Å²) < 4.78 is 13.4. The smallest absolute Gasteiger partial charge is 0.230 e. The van der Waals surface area contributed by atoms with E-state index < -0.39 is 52.7 Å². The van der Waals surface area contributed by atoms with Gasteiger partial charge in [-0.25, -0.2) is 4.39 Å². The second kappa shape index (κ2) is 10.7. The van der Waals surface area contributed by atoms with Crippen LogP contribution in [0.5, 0.6) is 5.75 Å². The summed E-state index contributed by atoms with van der Waals surface area (Å²) in [5, 5.41) is 47.2. The highest BCUT2D eigenvalue weighted by molar-refractivity contribution is 6.16. The molecule has 222 valence electrons. The fraction of sp³-hybridized carbons (Fsp3) is 0.303. The summed E-state index contributed by atoms with van der Waals surface area (Å²) in [6.45, 7) is 1.04. The van der Waals surface area contributed by atoms with Crippen LogP contribution in [-0.2, 0) is 29.1 Å². The van der Waals surface area contributed by atoms with Gasteiger partial charge in [0.05, 0.1) is 11.7 Å². The molecule has 0 saturated heterocycles. The molecule has 3 aliphatic rings. The van der Waals surface area contributed by atoms with E-state index >= 15 is 0 Å². The first kappa shape index (κ1) is 28.7. The first-order valence-corrected chi connectivity index (χ1v) is 14.1. The summed E-state index contributed by atoms with van der Waals surface area (Å²) >= 11 is 0. The number of carbonyl (C=O) groups is 3. The highest BCUT2D eigenvalue weighted by Gasteiger charge is 2.62. The number of phenols is 1. The summed E-state index contributed by atoms with van der Waals surface area (Å²) in [7, 11) is 0. The molecule has 0 aliphatic heterocycles. The lowest BCUT2D eigenvalue weighted by molar-refractivity contribution is -0.167. The van der Waals surface area contributed by atoms with Crippen LogP contribution < -0.4 is 11.1 Å². The number of Topliss-reactive ketones (excluding diaryl/α,β-unsaturated/α-hetero) is 2. The molecule has 0 aromatic heterocycles. The Labute approximate surface area is 246 Å². The van der Waals surface area contributed by atoms with Crippen molar-refractivity contribution in [2.75, 3.05) is 0 Å². The number of fused-ring (bicyclic) bond motifs is 3. The molecule has 3 aromatic carbocycles. The first-order chi connectivity index (χ1) is 20.5. The first-order valence-electron chi connectivity index (χ1n) is 14.1. The number of amides is 1. The number of primary amides is 1. The topological polar surface area (TPSA) is 170 Å². The molecule has 1 amide bonds. The van der Waals surface area contributed by atoms with Crippen LogP contribution in [0.4, 0.5) is 4.39 Å². The van der Waals surface area contributed by atoms with Gasteiger partial charge < -0.3 is 31.5 Å². The predicted molar refractivity (Wildman–Crippen MR) is 153 cm³/mol. The largest absolute Gasteiger partial charge is 0.508 e. The average Bonchev–Trinajstić information content (AvgIpc) is 2.95. The number of aromatic hydroxyl groups is 1. The van der Waals surface area contributed by atoms with Gasteiger partial charge in [-0.2, -0.15) is 0 Å². The van der Waals surface area contributed by atoms with Crippen LogP contribution in [0.3, 0.4) is 0 Å².